The molecule has 0 amide bonds. The molecule has 0 bridgehead atoms. The molecule has 0 N–H and O–H groups in total. The first-order valence-corrected chi connectivity index (χ1v) is 7.65. The van der Waals surface area contributed by atoms with E-state index >= 15 is 0 Å². The highest BCUT2D eigenvalue weighted by Crippen LogP contribution is 2.52. The van der Waals surface area contributed by atoms with Crippen LogP contribution in [0.3, 0.4) is 0 Å². The van der Waals surface area contributed by atoms with E-state index in [1.165, 1.54) is 0 Å². The molecular weight excluding hydrogens is 266 g/mol. The summed E-state index contributed by atoms with van der Waals surface area (Å²) in [7, 11) is 0. The van der Waals surface area contributed by atoms with Crippen LogP contribution in [0.1, 0.15) is 57.7 Å². The van der Waals surface area contributed by atoms with E-state index in [1.54, 1.807) is 6.20 Å². The number of rotatable bonds is 1. The van der Waals surface area contributed by atoms with Crippen LogP contribution < -0.4 is 0 Å². The lowest BCUT2D eigenvalue weighted by Crippen LogP contribution is -2.55. The summed E-state index contributed by atoms with van der Waals surface area (Å²) in [6.07, 6.45) is 5.26. The molecule has 1 saturated carbocycles. The SMILES string of the molecule is CC1(C)C(=O)C2(CCCCC2)C(=O)O[C@H]1c1ccccn1. The summed E-state index contributed by atoms with van der Waals surface area (Å²) in [5.74, 6) is -0.316. The Morgan fingerprint density at radius 1 is 1.14 bits per heavy atom. The number of Topliss-reactive ketones (excluding diaryl/α,β-unsaturated/α-hetero) is 1. The average Bonchev–Trinajstić information content (AvgIpc) is 2.51. The van der Waals surface area contributed by atoms with Crippen molar-refractivity contribution in [2.75, 3.05) is 0 Å². The summed E-state index contributed by atoms with van der Waals surface area (Å²) < 4.78 is 5.73. The molecule has 4 heteroatoms. The van der Waals surface area contributed by atoms with Crippen LogP contribution in [0.25, 0.3) is 0 Å². The number of nitrogens with zero attached hydrogens (tertiary/aromatic N) is 1. The van der Waals surface area contributed by atoms with Crippen LogP contribution in [0.4, 0.5) is 0 Å². The fourth-order valence-corrected chi connectivity index (χ4v) is 3.74. The standard InChI is InChI=1S/C17H21NO3/c1-16(2)13(12-8-4-7-11-18-12)21-15(20)17(14(16)19)9-5-3-6-10-17/h4,7-8,11,13H,3,5-6,9-10H2,1-2H3/t13-/m0/s1. The lowest BCUT2D eigenvalue weighted by atomic mass is 9.60. The number of ketones is 1. The zero-order valence-corrected chi connectivity index (χ0v) is 12.6. The predicted molar refractivity (Wildman–Crippen MR) is 77.4 cm³/mol. The second kappa shape index (κ2) is 4.93. The minimum atomic E-state index is -0.910. The molecule has 1 atom stereocenters. The zero-order valence-electron chi connectivity index (χ0n) is 12.6. The highest BCUT2D eigenvalue weighted by atomic mass is 16.5. The maximum atomic E-state index is 13.1. The van der Waals surface area contributed by atoms with Gasteiger partial charge in [0.15, 0.2) is 11.9 Å². The summed E-state index contributed by atoms with van der Waals surface area (Å²) >= 11 is 0. The quantitative estimate of drug-likeness (QED) is 0.588. The van der Waals surface area contributed by atoms with Gasteiger partial charge in [0.25, 0.3) is 0 Å². The van der Waals surface area contributed by atoms with Gasteiger partial charge in [0, 0.05) is 6.20 Å². The second-order valence-corrected chi connectivity index (χ2v) is 6.73. The predicted octanol–water partition coefficient (Wildman–Crippen LogP) is 3.23. The van der Waals surface area contributed by atoms with E-state index < -0.39 is 16.9 Å². The van der Waals surface area contributed by atoms with E-state index in [0.717, 1.165) is 19.3 Å². The van der Waals surface area contributed by atoms with Gasteiger partial charge in [-0.15, -0.1) is 0 Å². The molecule has 1 aromatic heterocycles. The number of carbonyl (C=O) groups is 2. The summed E-state index contributed by atoms with van der Waals surface area (Å²) in [5, 5.41) is 0. The van der Waals surface area contributed by atoms with Crippen LogP contribution in [-0.2, 0) is 14.3 Å². The molecule has 2 fully saturated rings. The maximum absolute atomic E-state index is 13.1. The topological polar surface area (TPSA) is 56.3 Å². The molecule has 0 radical (unpaired) electrons. The lowest BCUT2D eigenvalue weighted by molar-refractivity contribution is -0.192. The molecule has 0 unspecified atom stereocenters. The first kappa shape index (κ1) is 14.2. The summed E-state index contributed by atoms with van der Waals surface area (Å²) in [6.45, 7) is 3.74. The van der Waals surface area contributed by atoms with Crippen molar-refractivity contribution in [1.29, 1.82) is 0 Å². The van der Waals surface area contributed by atoms with Gasteiger partial charge in [-0.05, 0) is 38.8 Å². The van der Waals surface area contributed by atoms with E-state index in [2.05, 4.69) is 4.98 Å². The van der Waals surface area contributed by atoms with Crippen LogP contribution in [0.5, 0.6) is 0 Å². The summed E-state index contributed by atoms with van der Waals surface area (Å²) in [6, 6.07) is 5.47. The Kier molecular flexibility index (Phi) is 3.34. The van der Waals surface area contributed by atoms with Crippen LogP contribution in [0, 0.1) is 10.8 Å². The van der Waals surface area contributed by atoms with Crippen molar-refractivity contribution in [1.82, 2.24) is 4.98 Å². The van der Waals surface area contributed by atoms with Gasteiger partial charge in [-0.25, -0.2) is 0 Å². The van der Waals surface area contributed by atoms with Gasteiger partial charge < -0.3 is 4.74 Å². The van der Waals surface area contributed by atoms with E-state index in [4.69, 9.17) is 4.74 Å². The number of hydrogen-bond donors (Lipinski definition) is 0. The molecule has 1 aromatic rings. The smallest absolute Gasteiger partial charge is 0.320 e. The molecule has 2 heterocycles. The Labute approximate surface area is 124 Å². The highest BCUT2D eigenvalue weighted by Gasteiger charge is 2.60. The molecule has 112 valence electrons. The molecule has 21 heavy (non-hydrogen) atoms. The summed E-state index contributed by atoms with van der Waals surface area (Å²) in [5.41, 5.74) is -0.998. The van der Waals surface area contributed by atoms with Gasteiger partial charge in [0.05, 0.1) is 11.1 Å². The third-order valence-electron chi connectivity index (χ3n) is 4.95. The van der Waals surface area contributed by atoms with Crippen molar-refractivity contribution in [2.24, 2.45) is 10.8 Å². The molecule has 2 aliphatic rings. The number of carbonyl (C=O) groups excluding carboxylic acids is 2. The summed E-state index contributed by atoms with van der Waals surface area (Å²) in [4.78, 5) is 29.9. The van der Waals surface area contributed by atoms with Crippen molar-refractivity contribution in [3.05, 3.63) is 30.1 Å². The maximum Gasteiger partial charge on any atom is 0.320 e. The van der Waals surface area contributed by atoms with Crippen LogP contribution in [0.2, 0.25) is 0 Å². The van der Waals surface area contributed by atoms with Gasteiger partial charge in [0.1, 0.15) is 5.41 Å². The van der Waals surface area contributed by atoms with Gasteiger partial charge in [-0.1, -0.05) is 25.3 Å². The Morgan fingerprint density at radius 2 is 1.86 bits per heavy atom. The fraction of sp³-hybridized carbons (Fsp3) is 0.588. The minimum Gasteiger partial charge on any atom is -0.454 e. The Morgan fingerprint density at radius 3 is 2.48 bits per heavy atom. The van der Waals surface area contributed by atoms with Crippen molar-refractivity contribution < 1.29 is 14.3 Å². The first-order valence-electron chi connectivity index (χ1n) is 7.65. The van der Waals surface area contributed by atoms with Crippen molar-refractivity contribution in [3.8, 4) is 0 Å². The number of hydrogen-bond acceptors (Lipinski definition) is 4. The molecule has 1 spiro atoms. The third-order valence-corrected chi connectivity index (χ3v) is 4.95. The number of ether oxygens (including phenoxy) is 1. The monoisotopic (exact) mass is 287 g/mol. The molecule has 1 aliphatic carbocycles. The normalized spacial score (nSPS) is 27.4. The molecule has 1 saturated heterocycles. The first-order chi connectivity index (χ1) is 9.98. The average molecular weight is 287 g/mol. The molecule has 3 rings (SSSR count). The van der Waals surface area contributed by atoms with Gasteiger partial charge in [0.2, 0.25) is 0 Å². The van der Waals surface area contributed by atoms with Gasteiger partial charge in [-0.2, -0.15) is 0 Å². The van der Waals surface area contributed by atoms with Gasteiger partial charge in [-0.3, -0.25) is 14.6 Å². The van der Waals surface area contributed by atoms with Crippen LogP contribution in [0.15, 0.2) is 24.4 Å². The van der Waals surface area contributed by atoms with E-state index in [-0.39, 0.29) is 11.8 Å². The van der Waals surface area contributed by atoms with Gasteiger partial charge >= 0.3 is 5.97 Å². The number of pyridine rings is 1. The van der Waals surface area contributed by atoms with Crippen molar-refractivity contribution in [2.45, 2.75) is 52.1 Å². The zero-order chi connectivity index (χ0) is 15.1. The van der Waals surface area contributed by atoms with Crippen LogP contribution >= 0.6 is 0 Å². The highest BCUT2D eigenvalue weighted by molar-refractivity contribution is 6.08. The fourth-order valence-electron chi connectivity index (χ4n) is 3.74. The largest absolute Gasteiger partial charge is 0.454 e. The number of aromatic nitrogens is 1. The third kappa shape index (κ3) is 2.08. The second-order valence-electron chi connectivity index (χ2n) is 6.73. The number of cyclic esters (lactones) is 1. The Bertz CT molecular complexity index is 559. The molecule has 4 nitrogen and oxygen atoms in total. The van der Waals surface area contributed by atoms with E-state index in [0.29, 0.717) is 18.5 Å². The van der Waals surface area contributed by atoms with E-state index in [9.17, 15) is 9.59 Å². The van der Waals surface area contributed by atoms with E-state index in [1.807, 2.05) is 32.0 Å². The molecule has 1 aliphatic heterocycles. The lowest BCUT2D eigenvalue weighted by Gasteiger charge is -2.47. The van der Waals surface area contributed by atoms with Crippen molar-refractivity contribution >= 4 is 11.8 Å². The number of esters is 1. The minimum absolute atomic E-state index is 0.0293. The van der Waals surface area contributed by atoms with Crippen LogP contribution in [-0.4, -0.2) is 16.7 Å². The molecule has 0 aromatic carbocycles. The Hall–Kier alpha value is -1.71. The van der Waals surface area contributed by atoms with Crippen molar-refractivity contribution in [3.63, 3.8) is 0 Å². The Balaban J connectivity index is 1.99. The molecular formula is C17H21NO3.